The lowest BCUT2D eigenvalue weighted by Gasteiger charge is -2.30. The Morgan fingerprint density at radius 1 is 1.43 bits per heavy atom. The molecule has 0 radical (unpaired) electrons. The van der Waals surface area contributed by atoms with Gasteiger partial charge in [0.25, 0.3) is 0 Å². The molecule has 1 heterocycles. The Balaban J connectivity index is 2.50. The van der Waals surface area contributed by atoms with E-state index in [0.29, 0.717) is 6.54 Å². The summed E-state index contributed by atoms with van der Waals surface area (Å²) in [5.74, 6) is 0. The highest BCUT2D eigenvalue weighted by Crippen LogP contribution is 2.19. The second-order valence-electron chi connectivity index (χ2n) is 5.12. The molecule has 82 valence electrons. The van der Waals surface area contributed by atoms with Gasteiger partial charge in [-0.15, -0.1) is 0 Å². The van der Waals surface area contributed by atoms with Gasteiger partial charge < -0.3 is 15.5 Å². The maximum absolute atomic E-state index is 11.6. The molecule has 2 N–H and O–H groups in total. The number of likely N-dealkylation sites (N-methyl/N-ethyl adjacent to an activating group) is 1. The predicted molar refractivity (Wildman–Crippen MR) is 57.0 cm³/mol. The van der Waals surface area contributed by atoms with E-state index in [4.69, 9.17) is 5.73 Å². The Bertz CT molecular complexity index is 222. The van der Waals surface area contributed by atoms with Crippen molar-refractivity contribution in [1.82, 2.24) is 9.80 Å². The van der Waals surface area contributed by atoms with Crippen molar-refractivity contribution in [3.63, 3.8) is 0 Å². The Morgan fingerprint density at radius 2 is 2.00 bits per heavy atom. The fourth-order valence-corrected chi connectivity index (χ4v) is 1.38. The third-order valence-electron chi connectivity index (χ3n) is 2.83. The molecule has 4 heteroatoms. The number of nitrogens with zero attached hydrogens (tertiary/aromatic N) is 2. The molecule has 1 atom stereocenters. The number of amides is 2. The molecule has 0 bridgehead atoms. The van der Waals surface area contributed by atoms with Crippen LogP contribution < -0.4 is 5.73 Å². The Labute approximate surface area is 86.0 Å². The van der Waals surface area contributed by atoms with Gasteiger partial charge in [-0.25, -0.2) is 4.79 Å². The van der Waals surface area contributed by atoms with E-state index in [1.54, 1.807) is 4.90 Å². The maximum atomic E-state index is 11.6. The molecule has 0 aromatic rings. The van der Waals surface area contributed by atoms with Crippen LogP contribution in [0.1, 0.15) is 20.8 Å². The molecule has 14 heavy (non-hydrogen) atoms. The van der Waals surface area contributed by atoms with Crippen LogP contribution in [0.4, 0.5) is 4.79 Å². The number of nitrogens with two attached hydrogens (primary N) is 1. The Morgan fingerprint density at radius 3 is 2.36 bits per heavy atom. The first-order chi connectivity index (χ1) is 6.32. The lowest BCUT2D eigenvalue weighted by molar-refractivity contribution is 0.185. The number of hydrogen-bond acceptors (Lipinski definition) is 2. The lowest BCUT2D eigenvalue weighted by atomic mass is 9.87. The molecule has 0 spiro atoms. The fourth-order valence-electron chi connectivity index (χ4n) is 1.38. The highest BCUT2D eigenvalue weighted by Gasteiger charge is 2.30. The second-order valence-corrected chi connectivity index (χ2v) is 5.12. The van der Waals surface area contributed by atoms with Gasteiger partial charge in [0.2, 0.25) is 0 Å². The predicted octanol–water partition coefficient (Wildman–Crippen LogP) is 0.727. The first kappa shape index (κ1) is 11.3. The van der Waals surface area contributed by atoms with Gasteiger partial charge in [0, 0.05) is 32.7 Å². The van der Waals surface area contributed by atoms with Gasteiger partial charge >= 0.3 is 6.03 Å². The molecule has 1 rings (SSSR count). The van der Waals surface area contributed by atoms with E-state index in [-0.39, 0.29) is 17.5 Å². The highest BCUT2D eigenvalue weighted by molar-refractivity contribution is 5.76. The van der Waals surface area contributed by atoms with Crippen LogP contribution in [0.3, 0.4) is 0 Å². The summed E-state index contributed by atoms with van der Waals surface area (Å²) >= 11 is 0. The van der Waals surface area contributed by atoms with E-state index in [0.717, 1.165) is 13.1 Å². The number of carbonyl (C=O) groups excluding carboxylic acids is 1. The highest BCUT2D eigenvalue weighted by atomic mass is 16.2. The van der Waals surface area contributed by atoms with Crippen LogP contribution in [0.2, 0.25) is 0 Å². The second kappa shape index (κ2) is 3.77. The molecular weight excluding hydrogens is 178 g/mol. The van der Waals surface area contributed by atoms with Crippen LogP contribution in [0.25, 0.3) is 0 Å². The minimum atomic E-state index is 0.0398. The average Bonchev–Trinajstić information content (AvgIpc) is 2.34. The summed E-state index contributed by atoms with van der Waals surface area (Å²) in [6.45, 7) is 8.58. The van der Waals surface area contributed by atoms with Gasteiger partial charge in [-0.05, 0) is 5.41 Å². The number of urea groups is 1. The van der Waals surface area contributed by atoms with E-state index < -0.39 is 0 Å². The van der Waals surface area contributed by atoms with Crippen LogP contribution in [-0.4, -0.2) is 48.6 Å². The first-order valence-electron chi connectivity index (χ1n) is 5.08. The minimum absolute atomic E-state index is 0.0398. The third-order valence-corrected chi connectivity index (χ3v) is 2.83. The summed E-state index contributed by atoms with van der Waals surface area (Å²) in [5.41, 5.74) is 6.08. The molecule has 1 aliphatic rings. The van der Waals surface area contributed by atoms with Crippen molar-refractivity contribution in [3.8, 4) is 0 Å². The van der Waals surface area contributed by atoms with Gasteiger partial charge in [-0.1, -0.05) is 20.8 Å². The minimum Gasteiger partial charge on any atom is -0.326 e. The summed E-state index contributed by atoms with van der Waals surface area (Å²) in [4.78, 5) is 15.1. The smallest absolute Gasteiger partial charge is 0.319 e. The van der Waals surface area contributed by atoms with Crippen molar-refractivity contribution >= 4 is 6.03 Å². The van der Waals surface area contributed by atoms with Crippen molar-refractivity contribution in [2.24, 2.45) is 11.1 Å². The van der Waals surface area contributed by atoms with Gasteiger partial charge in [-0.2, -0.15) is 0 Å². The van der Waals surface area contributed by atoms with Crippen molar-refractivity contribution < 1.29 is 4.79 Å². The SMILES string of the molecule is CN1CCN(CC(N)C(C)(C)C)C1=O. The average molecular weight is 199 g/mol. The zero-order valence-corrected chi connectivity index (χ0v) is 9.58. The summed E-state index contributed by atoms with van der Waals surface area (Å²) in [5, 5.41) is 0. The van der Waals surface area contributed by atoms with Crippen LogP contribution >= 0.6 is 0 Å². The zero-order chi connectivity index (χ0) is 10.9. The molecule has 1 saturated heterocycles. The Hall–Kier alpha value is -0.770. The summed E-state index contributed by atoms with van der Waals surface area (Å²) in [6.07, 6.45) is 0. The molecule has 0 aromatic heterocycles. The van der Waals surface area contributed by atoms with E-state index in [2.05, 4.69) is 20.8 Å². The van der Waals surface area contributed by atoms with Crippen molar-refractivity contribution in [3.05, 3.63) is 0 Å². The van der Waals surface area contributed by atoms with Crippen molar-refractivity contribution in [2.75, 3.05) is 26.7 Å². The maximum Gasteiger partial charge on any atom is 0.319 e. The van der Waals surface area contributed by atoms with E-state index in [1.165, 1.54) is 0 Å². The van der Waals surface area contributed by atoms with Gasteiger partial charge in [-0.3, -0.25) is 0 Å². The van der Waals surface area contributed by atoms with E-state index >= 15 is 0 Å². The van der Waals surface area contributed by atoms with E-state index in [1.807, 2.05) is 11.9 Å². The normalized spacial score (nSPS) is 20.5. The fraction of sp³-hybridized carbons (Fsp3) is 0.900. The summed E-state index contributed by atoms with van der Waals surface area (Å²) in [6, 6.07) is 0.141. The molecule has 1 unspecified atom stereocenters. The quantitative estimate of drug-likeness (QED) is 0.712. The molecule has 0 saturated carbocycles. The number of hydrogen-bond donors (Lipinski definition) is 1. The van der Waals surface area contributed by atoms with Crippen molar-refractivity contribution in [1.29, 1.82) is 0 Å². The molecule has 4 nitrogen and oxygen atoms in total. The number of rotatable bonds is 2. The Kier molecular flexibility index (Phi) is 3.04. The third kappa shape index (κ3) is 2.38. The standard InChI is InChI=1S/C10H21N3O/c1-10(2,3)8(11)7-13-6-5-12(4)9(13)14/h8H,5-7,11H2,1-4H3. The molecule has 0 aromatic carbocycles. The van der Waals surface area contributed by atoms with Gasteiger partial charge in [0.1, 0.15) is 0 Å². The van der Waals surface area contributed by atoms with E-state index in [9.17, 15) is 4.79 Å². The lowest BCUT2D eigenvalue weighted by Crippen LogP contribution is -2.46. The van der Waals surface area contributed by atoms with Crippen molar-refractivity contribution in [2.45, 2.75) is 26.8 Å². The first-order valence-corrected chi connectivity index (χ1v) is 5.08. The molecule has 2 amide bonds. The summed E-state index contributed by atoms with van der Waals surface area (Å²) < 4.78 is 0. The van der Waals surface area contributed by atoms with Crippen LogP contribution in [-0.2, 0) is 0 Å². The molecule has 0 aliphatic carbocycles. The summed E-state index contributed by atoms with van der Waals surface area (Å²) in [7, 11) is 1.82. The van der Waals surface area contributed by atoms with Crippen LogP contribution in [0.5, 0.6) is 0 Å². The largest absolute Gasteiger partial charge is 0.326 e. The topological polar surface area (TPSA) is 49.6 Å². The molecular formula is C10H21N3O. The van der Waals surface area contributed by atoms with Crippen LogP contribution in [0, 0.1) is 5.41 Å². The van der Waals surface area contributed by atoms with Gasteiger partial charge in [0.15, 0.2) is 0 Å². The molecule has 1 fully saturated rings. The van der Waals surface area contributed by atoms with Crippen LogP contribution in [0.15, 0.2) is 0 Å². The monoisotopic (exact) mass is 199 g/mol. The zero-order valence-electron chi connectivity index (χ0n) is 9.58. The number of carbonyl (C=O) groups is 1. The van der Waals surface area contributed by atoms with Gasteiger partial charge in [0.05, 0.1) is 0 Å². The molecule has 1 aliphatic heterocycles.